The highest BCUT2D eigenvalue weighted by atomic mass is 16.5. The van der Waals surface area contributed by atoms with Gasteiger partial charge < -0.3 is 15.4 Å². The molecule has 1 spiro atoms. The molecule has 2 amide bonds. The van der Waals surface area contributed by atoms with Crippen molar-refractivity contribution in [2.24, 2.45) is 5.92 Å². The van der Waals surface area contributed by atoms with E-state index < -0.39 is 5.54 Å². The number of hydrogen-bond donors (Lipinski definition) is 2. The topological polar surface area (TPSA) is 67.4 Å². The van der Waals surface area contributed by atoms with Crippen molar-refractivity contribution in [3.63, 3.8) is 0 Å². The molecule has 5 heteroatoms. The number of amides is 2. The summed E-state index contributed by atoms with van der Waals surface area (Å²) in [6.45, 7) is 5.05. The Morgan fingerprint density at radius 3 is 2.65 bits per heavy atom. The summed E-state index contributed by atoms with van der Waals surface area (Å²) in [6, 6.07) is -0.388. The third kappa shape index (κ3) is 2.16. The molecular weight excluding hydrogens is 220 g/mol. The van der Waals surface area contributed by atoms with E-state index in [9.17, 15) is 9.59 Å². The summed E-state index contributed by atoms with van der Waals surface area (Å²) in [5, 5.41) is 5.79. The van der Waals surface area contributed by atoms with Crippen LogP contribution in [-0.4, -0.2) is 36.6 Å². The lowest BCUT2D eigenvalue weighted by Gasteiger charge is -2.43. The van der Waals surface area contributed by atoms with Crippen LogP contribution in [0.5, 0.6) is 0 Å². The maximum atomic E-state index is 12.2. The maximum Gasteiger partial charge on any atom is 0.246 e. The lowest BCUT2D eigenvalue weighted by molar-refractivity contribution is -0.146. The van der Waals surface area contributed by atoms with E-state index in [1.807, 2.05) is 13.8 Å². The fourth-order valence-electron chi connectivity index (χ4n) is 2.42. The van der Waals surface area contributed by atoms with Gasteiger partial charge >= 0.3 is 0 Å². The van der Waals surface area contributed by atoms with Crippen LogP contribution in [-0.2, 0) is 14.3 Å². The van der Waals surface area contributed by atoms with Gasteiger partial charge in [0.2, 0.25) is 11.8 Å². The first-order valence-corrected chi connectivity index (χ1v) is 6.30. The van der Waals surface area contributed by atoms with E-state index in [4.69, 9.17) is 4.74 Å². The fourth-order valence-corrected chi connectivity index (χ4v) is 2.42. The van der Waals surface area contributed by atoms with Gasteiger partial charge in [0.15, 0.2) is 0 Å². The van der Waals surface area contributed by atoms with Crippen LogP contribution >= 0.6 is 0 Å². The van der Waals surface area contributed by atoms with Gasteiger partial charge in [0.05, 0.1) is 0 Å². The van der Waals surface area contributed by atoms with Crippen molar-refractivity contribution in [2.45, 2.75) is 44.7 Å². The Labute approximate surface area is 101 Å². The highest BCUT2D eigenvalue weighted by Gasteiger charge is 2.48. The Morgan fingerprint density at radius 2 is 2.06 bits per heavy atom. The minimum atomic E-state index is -0.723. The molecule has 0 saturated carbocycles. The second-order valence-corrected chi connectivity index (χ2v) is 5.02. The van der Waals surface area contributed by atoms with Crippen molar-refractivity contribution in [1.29, 1.82) is 0 Å². The van der Waals surface area contributed by atoms with Gasteiger partial charge in [-0.25, -0.2) is 0 Å². The molecule has 0 radical (unpaired) electrons. The summed E-state index contributed by atoms with van der Waals surface area (Å²) in [5.74, 6) is 0.0580. The Kier molecular flexibility index (Phi) is 3.38. The maximum absolute atomic E-state index is 12.2. The summed E-state index contributed by atoms with van der Waals surface area (Å²) < 4.78 is 5.24. The molecular formula is C12H20N2O3. The summed E-state index contributed by atoms with van der Waals surface area (Å²) in [6.07, 6.45) is 2.00. The van der Waals surface area contributed by atoms with Gasteiger partial charge in [-0.05, 0) is 5.92 Å². The molecule has 2 rings (SSSR count). The molecule has 2 N–H and O–H groups in total. The summed E-state index contributed by atoms with van der Waals surface area (Å²) in [5.41, 5.74) is -0.723. The second kappa shape index (κ2) is 4.64. The van der Waals surface area contributed by atoms with Gasteiger partial charge in [-0.1, -0.05) is 20.3 Å². The van der Waals surface area contributed by atoms with Gasteiger partial charge in [-0.15, -0.1) is 0 Å². The minimum absolute atomic E-state index is 0.0503. The van der Waals surface area contributed by atoms with Gasteiger partial charge in [0, 0.05) is 26.1 Å². The van der Waals surface area contributed by atoms with Crippen molar-refractivity contribution in [3.8, 4) is 0 Å². The van der Waals surface area contributed by atoms with Gasteiger partial charge in [-0.2, -0.15) is 0 Å². The molecule has 0 aromatic rings. The highest BCUT2D eigenvalue weighted by molar-refractivity contribution is 6.00. The van der Waals surface area contributed by atoms with Gasteiger partial charge in [0.25, 0.3) is 0 Å². The van der Waals surface area contributed by atoms with Crippen LogP contribution in [0.4, 0.5) is 0 Å². The summed E-state index contributed by atoms with van der Waals surface area (Å²) in [7, 11) is 0. The SMILES string of the molecule is CC[C@H](C)[C@@H]1NC(=O)C2(CCOCC2)NC1=O. The number of carbonyl (C=O) groups is 2. The molecule has 17 heavy (non-hydrogen) atoms. The number of ether oxygens (including phenoxy) is 1. The third-order valence-electron chi connectivity index (χ3n) is 3.93. The average molecular weight is 240 g/mol. The zero-order chi connectivity index (χ0) is 12.5. The van der Waals surface area contributed by atoms with E-state index in [1.54, 1.807) is 0 Å². The van der Waals surface area contributed by atoms with E-state index in [2.05, 4.69) is 10.6 Å². The van der Waals surface area contributed by atoms with Crippen LogP contribution in [0, 0.1) is 5.92 Å². The molecule has 2 atom stereocenters. The zero-order valence-electron chi connectivity index (χ0n) is 10.4. The van der Waals surface area contributed by atoms with E-state index in [-0.39, 0.29) is 23.8 Å². The van der Waals surface area contributed by atoms with Crippen LogP contribution in [0.3, 0.4) is 0 Å². The van der Waals surface area contributed by atoms with Crippen LogP contribution in [0.2, 0.25) is 0 Å². The first-order chi connectivity index (χ1) is 8.09. The predicted molar refractivity (Wildman–Crippen MR) is 62.3 cm³/mol. The zero-order valence-corrected chi connectivity index (χ0v) is 10.4. The van der Waals surface area contributed by atoms with Crippen LogP contribution < -0.4 is 10.6 Å². The monoisotopic (exact) mass is 240 g/mol. The fraction of sp³-hybridized carbons (Fsp3) is 0.833. The smallest absolute Gasteiger partial charge is 0.246 e. The third-order valence-corrected chi connectivity index (χ3v) is 3.93. The summed E-state index contributed by atoms with van der Waals surface area (Å²) >= 11 is 0. The van der Waals surface area contributed by atoms with E-state index in [1.165, 1.54) is 0 Å². The highest BCUT2D eigenvalue weighted by Crippen LogP contribution is 2.25. The molecule has 0 bridgehead atoms. The van der Waals surface area contributed by atoms with Crippen LogP contribution in [0.25, 0.3) is 0 Å². The lowest BCUT2D eigenvalue weighted by Crippen LogP contribution is -2.71. The Bertz CT molecular complexity index is 324. The molecule has 0 aromatic heterocycles. The first-order valence-electron chi connectivity index (χ1n) is 6.30. The molecule has 96 valence electrons. The van der Waals surface area contributed by atoms with Crippen molar-refractivity contribution >= 4 is 11.8 Å². The van der Waals surface area contributed by atoms with Crippen LogP contribution in [0.1, 0.15) is 33.1 Å². The number of nitrogens with one attached hydrogen (secondary N) is 2. The van der Waals surface area contributed by atoms with Crippen molar-refractivity contribution in [2.75, 3.05) is 13.2 Å². The molecule has 5 nitrogen and oxygen atoms in total. The minimum Gasteiger partial charge on any atom is -0.381 e. The quantitative estimate of drug-likeness (QED) is 0.724. The Morgan fingerprint density at radius 1 is 1.41 bits per heavy atom. The number of carbonyl (C=O) groups excluding carboxylic acids is 2. The Hall–Kier alpha value is -1.10. The normalized spacial score (nSPS) is 29.6. The average Bonchev–Trinajstić information content (AvgIpc) is 2.34. The summed E-state index contributed by atoms with van der Waals surface area (Å²) in [4.78, 5) is 24.2. The molecule has 0 aliphatic carbocycles. The van der Waals surface area contributed by atoms with E-state index in [0.29, 0.717) is 26.1 Å². The molecule has 2 aliphatic rings. The first kappa shape index (κ1) is 12.4. The number of rotatable bonds is 2. The number of piperazine rings is 1. The predicted octanol–water partition coefficient (Wildman–Crippen LogP) is 0.196. The lowest BCUT2D eigenvalue weighted by atomic mass is 9.84. The number of hydrogen-bond acceptors (Lipinski definition) is 3. The van der Waals surface area contributed by atoms with Crippen molar-refractivity contribution in [1.82, 2.24) is 10.6 Å². The molecule has 2 saturated heterocycles. The molecule has 2 aliphatic heterocycles. The molecule has 0 aromatic carbocycles. The van der Waals surface area contributed by atoms with Gasteiger partial charge in [-0.3, -0.25) is 9.59 Å². The molecule has 0 unspecified atom stereocenters. The van der Waals surface area contributed by atoms with E-state index in [0.717, 1.165) is 6.42 Å². The van der Waals surface area contributed by atoms with Gasteiger partial charge in [0.1, 0.15) is 11.6 Å². The Balaban J connectivity index is 2.12. The molecule has 2 heterocycles. The largest absolute Gasteiger partial charge is 0.381 e. The standard InChI is InChI=1S/C12H20N2O3/c1-3-8(2)9-10(15)14-12(11(16)13-9)4-6-17-7-5-12/h8-9H,3-7H2,1-2H3,(H,13,16)(H,14,15)/t8-,9-/m0/s1. The van der Waals surface area contributed by atoms with E-state index >= 15 is 0 Å². The second-order valence-electron chi connectivity index (χ2n) is 5.02. The van der Waals surface area contributed by atoms with Crippen LogP contribution in [0.15, 0.2) is 0 Å². The van der Waals surface area contributed by atoms with Crippen molar-refractivity contribution in [3.05, 3.63) is 0 Å². The van der Waals surface area contributed by atoms with Crippen molar-refractivity contribution < 1.29 is 14.3 Å². The molecule has 2 fully saturated rings.